The van der Waals surface area contributed by atoms with Gasteiger partial charge in [-0.1, -0.05) is 63.8 Å². The average molecular weight is 367 g/mol. The van der Waals surface area contributed by atoms with E-state index in [1.54, 1.807) is 19.1 Å². The van der Waals surface area contributed by atoms with Crippen LogP contribution in [0.4, 0.5) is 0 Å². The molecule has 0 spiro atoms. The molecule has 0 aliphatic rings. The molecule has 0 amide bonds. The highest BCUT2D eigenvalue weighted by Crippen LogP contribution is 2.28. The fraction of sp³-hybridized carbons (Fsp3) is 0.632. The van der Waals surface area contributed by atoms with Gasteiger partial charge in [0.15, 0.2) is 11.8 Å². The topological polar surface area (TPSA) is 71.0 Å². The highest BCUT2D eigenvalue weighted by atomic mass is 31.1. The summed E-state index contributed by atoms with van der Waals surface area (Å²) in [6.07, 6.45) is 4.14. The molecule has 0 aromatic heterocycles. The lowest BCUT2D eigenvalue weighted by Crippen LogP contribution is -2.19. The fourth-order valence-electron chi connectivity index (χ4n) is 2.14. The molecule has 0 N–H and O–H groups in total. The number of hydrogen-bond acceptors (Lipinski definition) is 5. The zero-order chi connectivity index (χ0) is 18.9. The SMILES string of the molecule is CCCCCCOC(=O)[C@H](C)N=[P+]([O-])Oc1ccc(C(C)(C)C)cc1. The average Bonchev–Trinajstić information content (AvgIpc) is 2.54. The minimum atomic E-state index is -2.32. The van der Waals surface area contributed by atoms with Crippen molar-refractivity contribution in [2.45, 2.75) is 71.8 Å². The van der Waals surface area contributed by atoms with Crippen molar-refractivity contribution in [3.05, 3.63) is 29.8 Å². The standard InChI is InChI=1S/C19H30NO4P/c1-6-7-8-9-14-23-18(21)15(2)20-25(22)24-17-12-10-16(11-13-17)19(3,4)5/h10-13,15H,6-9,14H2,1-5H3/t15-/m0/s1. The van der Waals surface area contributed by atoms with E-state index in [1.807, 2.05) is 12.1 Å². The van der Waals surface area contributed by atoms with Crippen molar-refractivity contribution >= 4 is 14.1 Å². The van der Waals surface area contributed by atoms with Gasteiger partial charge in [0, 0.05) is 0 Å². The van der Waals surface area contributed by atoms with Gasteiger partial charge < -0.3 is 9.63 Å². The summed E-state index contributed by atoms with van der Waals surface area (Å²) in [5, 5.41) is 0. The molecule has 0 aliphatic heterocycles. The normalized spacial score (nSPS) is 13.4. The second-order valence-corrected chi connectivity index (χ2v) is 8.01. The van der Waals surface area contributed by atoms with Crippen LogP contribution in [-0.2, 0) is 14.9 Å². The van der Waals surface area contributed by atoms with Crippen LogP contribution >= 0.6 is 8.17 Å². The highest BCUT2D eigenvalue weighted by molar-refractivity contribution is 7.34. The van der Waals surface area contributed by atoms with Crippen molar-refractivity contribution in [1.29, 1.82) is 0 Å². The number of ether oxygens (including phenoxy) is 1. The molecular weight excluding hydrogens is 337 g/mol. The van der Waals surface area contributed by atoms with Crippen molar-refractivity contribution in [2.75, 3.05) is 6.61 Å². The number of benzene rings is 1. The van der Waals surface area contributed by atoms with Gasteiger partial charge in [-0.2, -0.15) is 0 Å². The first kappa shape index (κ1) is 21.6. The first-order valence-corrected chi connectivity index (χ1v) is 10.00. The quantitative estimate of drug-likeness (QED) is 0.359. The lowest BCUT2D eigenvalue weighted by molar-refractivity contribution is -0.169. The summed E-state index contributed by atoms with van der Waals surface area (Å²) in [6, 6.07) is 6.60. The van der Waals surface area contributed by atoms with Crippen LogP contribution in [0, 0.1) is 0 Å². The third-order valence-corrected chi connectivity index (χ3v) is 4.66. The number of carbonyl (C=O) groups excluding carboxylic acids is 1. The van der Waals surface area contributed by atoms with E-state index in [0.29, 0.717) is 12.4 Å². The number of nitrogens with zero attached hydrogens (tertiary/aromatic N) is 1. The molecule has 5 nitrogen and oxygen atoms in total. The lowest BCUT2D eigenvalue weighted by atomic mass is 9.87. The van der Waals surface area contributed by atoms with Crippen molar-refractivity contribution in [3.63, 3.8) is 0 Å². The maximum Gasteiger partial charge on any atom is 0.395 e. The van der Waals surface area contributed by atoms with Gasteiger partial charge in [-0.15, -0.1) is 0 Å². The Morgan fingerprint density at radius 1 is 1.20 bits per heavy atom. The minimum absolute atomic E-state index is 0.0422. The fourth-order valence-corrected chi connectivity index (χ4v) is 2.87. The van der Waals surface area contributed by atoms with Crippen LogP contribution < -0.4 is 9.42 Å². The van der Waals surface area contributed by atoms with Gasteiger partial charge in [-0.05, 0) is 36.5 Å². The molecule has 0 fully saturated rings. The molecule has 1 aromatic carbocycles. The summed E-state index contributed by atoms with van der Waals surface area (Å²) in [7, 11) is -2.32. The van der Waals surface area contributed by atoms with E-state index in [4.69, 9.17) is 9.26 Å². The molecule has 140 valence electrons. The molecule has 1 unspecified atom stereocenters. The van der Waals surface area contributed by atoms with Gasteiger partial charge in [0.1, 0.15) is 0 Å². The van der Waals surface area contributed by atoms with Gasteiger partial charge in [-0.25, -0.2) is 4.79 Å². The molecule has 0 heterocycles. The molecule has 6 heteroatoms. The van der Waals surface area contributed by atoms with E-state index in [-0.39, 0.29) is 5.41 Å². The Hall–Kier alpha value is -1.45. The van der Waals surface area contributed by atoms with Gasteiger partial charge in [0.05, 0.1) is 6.61 Å². The molecule has 1 aromatic rings. The largest absolute Gasteiger partial charge is 0.575 e. The Kier molecular flexibility index (Phi) is 9.09. The molecule has 0 bridgehead atoms. The number of carbonyl (C=O) groups is 1. The monoisotopic (exact) mass is 367 g/mol. The summed E-state index contributed by atoms with van der Waals surface area (Å²) in [4.78, 5) is 23.8. The van der Waals surface area contributed by atoms with E-state index in [1.165, 1.54) is 0 Å². The molecule has 25 heavy (non-hydrogen) atoms. The smallest absolute Gasteiger partial charge is 0.395 e. The van der Waals surface area contributed by atoms with Gasteiger partial charge >= 0.3 is 14.1 Å². The van der Waals surface area contributed by atoms with Gasteiger partial charge in [-0.3, -0.25) is 4.52 Å². The van der Waals surface area contributed by atoms with Crippen LogP contribution in [0.5, 0.6) is 5.75 Å². The van der Waals surface area contributed by atoms with Crippen molar-refractivity contribution in [1.82, 2.24) is 0 Å². The molecule has 2 atom stereocenters. The minimum Gasteiger partial charge on any atom is -0.575 e. The third-order valence-electron chi connectivity index (χ3n) is 3.75. The number of unbranched alkanes of at least 4 members (excludes halogenated alkanes) is 3. The molecule has 0 aliphatic carbocycles. The second kappa shape index (κ2) is 10.5. The van der Waals surface area contributed by atoms with Crippen LogP contribution in [-0.4, -0.2) is 18.6 Å². The van der Waals surface area contributed by atoms with Crippen molar-refractivity contribution in [2.24, 2.45) is 4.74 Å². The first-order valence-electron chi connectivity index (χ1n) is 8.87. The number of esters is 1. The number of hydrogen-bond donors (Lipinski definition) is 0. The Labute approximate surface area is 152 Å². The van der Waals surface area contributed by atoms with Crippen LogP contribution in [0.2, 0.25) is 0 Å². The highest BCUT2D eigenvalue weighted by Gasteiger charge is 2.19. The molecular formula is C19H30NO4P. The second-order valence-electron chi connectivity index (χ2n) is 7.12. The Morgan fingerprint density at radius 3 is 2.40 bits per heavy atom. The van der Waals surface area contributed by atoms with Crippen molar-refractivity contribution in [3.8, 4) is 5.75 Å². The zero-order valence-electron chi connectivity index (χ0n) is 15.9. The third kappa shape index (κ3) is 8.46. The van der Waals surface area contributed by atoms with E-state index < -0.39 is 20.2 Å². The van der Waals surface area contributed by atoms with E-state index in [2.05, 4.69) is 32.4 Å². The molecule has 1 rings (SSSR count). The maximum absolute atomic E-state index is 12.0. The Bertz CT molecular complexity index is 564. The lowest BCUT2D eigenvalue weighted by Gasteiger charge is -2.18. The molecule has 0 radical (unpaired) electrons. The van der Waals surface area contributed by atoms with E-state index in [0.717, 1.165) is 31.2 Å². The first-order chi connectivity index (χ1) is 11.7. The molecule has 0 saturated carbocycles. The van der Waals surface area contributed by atoms with Crippen LogP contribution in [0.25, 0.3) is 0 Å². The number of rotatable bonds is 9. The van der Waals surface area contributed by atoms with Gasteiger partial charge in [0.25, 0.3) is 0 Å². The summed E-state index contributed by atoms with van der Waals surface area (Å²) in [5.74, 6) is 0.00419. The van der Waals surface area contributed by atoms with Crippen LogP contribution in [0.15, 0.2) is 29.0 Å². The van der Waals surface area contributed by atoms with E-state index in [9.17, 15) is 9.69 Å². The summed E-state index contributed by atoms with van der Waals surface area (Å²) >= 11 is 0. The summed E-state index contributed by atoms with van der Waals surface area (Å²) < 4.78 is 14.3. The predicted octanol–water partition coefficient (Wildman–Crippen LogP) is 4.73. The van der Waals surface area contributed by atoms with Gasteiger partial charge in [0.2, 0.25) is 0 Å². The zero-order valence-corrected chi connectivity index (χ0v) is 16.8. The van der Waals surface area contributed by atoms with E-state index >= 15 is 0 Å². The predicted molar refractivity (Wildman–Crippen MR) is 99.7 cm³/mol. The summed E-state index contributed by atoms with van der Waals surface area (Å²) in [5.41, 5.74) is 1.20. The van der Waals surface area contributed by atoms with Crippen LogP contribution in [0.3, 0.4) is 0 Å². The Balaban J connectivity index is 2.49. The van der Waals surface area contributed by atoms with Crippen molar-refractivity contribution < 1.29 is 18.9 Å². The Morgan fingerprint density at radius 2 is 1.84 bits per heavy atom. The molecule has 0 saturated heterocycles. The maximum atomic E-state index is 12.0. The van der Waals surface area contributed by atoms with Crippen LogP contribution in [0.1, 0.15) is 65.9 Å². The summed E-state index contributed by atoms with van der Waals surface area (Å²) in [6.45, 7) is 10.4.